The van der Waals surface area contributed by atoms with Gasteiger partial charge < -0.3 is 10.3 Å². The minimum Gasteiger partial charge on any atom is -0.334 e. The fourth-order valence-electron chi connectivity index (χ4n) is 1.78. The summed E-state index contributed by atoms with van der Waals surface area (Å²) in [6.07, 6.45) is 1.69. The van der Waals surface area contributed by atoms with Gasteiger partial charge in [-0.1, -0.05) is 17.3 Å². The molecule has 0 fully saturated rings. The molecule has 2 aromatic heterocycles. The quantitative estimate of drug-likeness (QED) is 0.798. The van der Waals surface area contributed by atoms with Crippen molar-refractivity contribution in [2.24, 2.45) is 5.73 Å². The van der Waals surface area contributed by atoms with Crippen molar-refractivity contribution >= 4 is 15.9 Å². The second kappa shape index (κ2) is 5.52. The molecule has 0 aliphatic heterocycles. The fraction of sp³-hybridized carbons (Fsp3) is 0.0714. The van der Waals surface area contributed by atoms with E-state index in [1.165, 1.54) is 0 Å². The zero-order valence-corrected chi connectivity index (χ0v) is 12.0. The van der Waals surface area contributed by atoms with Crippen molar-refractivity contribution in [1.82, 2.24) is 15.1 Å². The number of nitrogens with two attached hydrogens (primary N) is 1. The Morgan fingerprint density at radius 1 is 1.20 bits per heavy atom. The third-order valence-electron chi connectivity index (χ3n) is 2.79. The second-order valence-corrected chi connectivity index (χ2v) is 5.10. The van der Waals surface area contributed by atoms with Gasteiger partial charge in [-0.25, -0.2) is 0 Å². The normalized spacial score (nSPS) is 10.7. The summed E-state index contributed by atoms with van der Waals surface area (Å²) in [7, 11) is 0. The Hall–Kier alpha value is -2.05. The van der Waals surface area contributed by atoms with Gasteiger partial charge in [0.1, 0.15) is 5.69 Å². The van der Waals surface area contributed by atoms with Crippen molar-refractivity contribution in [3.8, 4) is 23.0 Å². The molecule has 0 amide bonds. The van der Waals surface area contributed by atoms with E-state index >= 15 is 0 Å². The molecule has 1 aromatic carbocycles. The molecule has 0 unspecified atom stereocenters. The summed E-state index contributed by atoms with van der Waals surface area (Å²) in [6, 6.07) is 11.4. The number of aromatic nitrogens is 3. The van der Waals surface area contributed by atoms with Crippen LogP contribution in [0.25, 0.3) is 23.0 Å². The molecule has 0 spiro atoms. The molecule has 2 heterocycles. The molecule has 0 saturated carbocycles. The average Bonchev–Trinajstić information content (AvgIpc) is 2.98. The molecule has 20 heavy (non-hydrogen) atoms. The van der Waals surface area contributed by atoms with Gasteiger partial charge in [-0.3, -0.25) is 4.98 Å². The Morgan fingerprint density at radius 3 is 2.85 bits per heavy atom. The van der Waals surface area contributed by atoms with Crippen LogP contribution in [-0.2, 0) is 6.54 Å². The molecule has 0 aliphatic carbocycles. The molecular formula is C14H11BrN4O. The standard InChI is InChI=1S/C14H11BrN4O/c15-11-4-5-12(17-8-11)13-18-14(20-19-13)10-3-1-2-9(6-10)7-16/h1-6,8H,7,16H2. The van der Waals surface area contributed by atoms with Crippen LogP contribution in [0.3, 0.4) is 0 Å². The van der Waals surface area contributed by atoms with Gasteiger partial charge in [0.15, 0.2) is 0 Å². The van der Waals surface area contributed by atoms with Crippen LogP contribution in [0.2, 0.25) is 0 Å². The first-order valence-electron chi connectivity index (χ1n) is 6.01. The van der Waals surface area contributed by atoms with Crippen molar-refractivity contribution in [2.75, 3.05) is 0 Å². The van der Waals surface area contributed by atoms with E-state index < -0.39 is 0 Å². The van der Waals surface area contributed by atoms with E-state index in [0.29, 0.717) is 24.0 Å². The van der Waals surface area contributed by atoms with Crippen molar-refractivity contribution in [3.63, 3.8) is 0 Å². The van der Waals surface area contributed by atoms with Crippen molar-refractivity contribution < 1.29 is 4.52 Å². The lowest BCUT2D eigenvalue weighted by atomic mass is 10.1. The number of pyridine rings is 1. The lowest BCUT2D eigenvalue weighted by molar-refractivity contribution is 0.432. The van der Waals surface area contributed by atoms with E-state index in [1.54, 1.807) is 6.20 Å². The van der Waals surface area contributed by atoms with Crippen LogP contribution in [0.4, 0.5) is 0 Å². The first kappa shape index (κ1) is 13.0. The number of benzene rings is 1. The highest BCUT2D eigenvalue weighted by atomic mass is 79.9. The lowest BCUT2D eigenvalue weighted by Gasteiger charge is -1.98. The summed E-state index contributed by atoms with van der Waals surface area (Å²) in [6.45, 7) is 0.475. The molecule has 3 rings (SSSR count). The van der Waals surface area contributed by atoms with Gasteiger partial charge in [0.2, 0.25) is 5.82 Å². The van der Waals surface area contributed by atoms with Crippen LogP contribution < -0.4 is 5.73 Å². The zero-order valence-electron chi connectivity index (χ0n) is 10.5. The molecule has 100 valence electrons. The van der Waals surface area contributed by atoms with Crippen LogP contribution >= 0.6 is 15.9 Å². The highest BCUT2D eigenvalue weighted by molar-refractivity contribution is 9.10. The molecule has 0 saturated heterocycles. The minimum atomic E-state index is 0.458. The van der Waals surface area contributed by atoms with Crippen LogP contribution in [0.5, 0.6) is 0 Å². The summed E-state index contributed by atoms with van der Waals surface area (Å²) < 4.78 is 6.18. The Kier molecular flexibility index (Phi) is 3.58. The smallest absolute Gasteiger partial charge is 0.258 e. The second-order valence-electron chi connectivity index (χ2n) is 4.19. The predicted octanol–water partition coefficient (Wildman–Crippen LogP) is 3.02. The van der Waals surface area contributed by atoms with E-state index in [9.17, 15) is 0 Å². The molecule has 0 bridgehead atoms. The van der Waals surface area contributed by atoms with Gasteiger partial charge in [-0.2, -0.15) is 4.98 Å². The van der Waals surface area contributed by atoms with Gasteiger partial charge in [0.25, 0.3) is 5.89 Å². The van der Waals surface area contributed by atoms with Crippen LogP contribution in [0.15, 0.2) is 51.6 Å². The Bertz CT molecular complexity index is 724. The summed E-state index contributed by atoms with van der Waals surface area (Å²) in [5.41, 5.74) is 8.16. The molecule has 5 nitrogen and oxygen atoms in total. The van der Waals surface area contributed by atoms with E-state index in [2.05, 4.69) is 31.1 Å². The maximum Gasteiger partial charge on any atom is 0.258 e. The molecule has 6 heteroatoms. The van der Waals surface area contributed by atoms with Gasteiger partial charge in [0.05, 0.1) is 0 Å². The topological polar surface area (TPSA) is 77.8 Å². The summed E-state index contributed by atoms with van der Waals surface area (Å²) in [5.74, 6) is 0.922. The molecule has 2 N–H and O–H groups in total. The number of hydrogen-bond donors (Lipinski definition) is 1. The predicted molar refractivity (Wildman–Crippen MR) is 78.6 cm³/mol. The van der Waals surface area contributed by atoms with Gasteiger partial charge in [-0.15, -0.1) is 0 Å². The van der Waals surface area contributed by atoms with Crippen molar-refractivity contribution in [1.29, 1.82) is 0 Å². The maximum absolute atomic E-state index is 5.63. The van der Waals surface area contributed by atoms with Gasteiger partial charge in [-0.05, 0) is 45.8 Å². The van der Waals surface area contributed by atoms with Crippen molar-refractivity contribution in [2.45, 2.75) is 6.54 Å². The van der Waals surface area contributed by atoms with Gasteiger partial charge in [0, 0.05) is 22.8 Å². The number of rotatable bonds is 3. The molecule has 3 aromatic rings. The van der Waals surface area contributed by atoms with Gasteiger partial charge >= 0.3 is 0 Å². The fourth-order valence-corrected chi connectivity index (χ4v) is 2.02. The first-order valence-corrected chi connectivity index (χ1v) is 6.80. The number of halogens is 1. The first-order chi connectivity index (χ1) is 9.76. The van der Waals surface area contributed by atoms with E-state index in [0.717, 1.165) is 15.6 Å². The summed E-state index contributed by atoms with van der Waals surface area (Å²) >= 11 is 3.34. The van der Waals surface area contributed by atoms with Crippen LogP contribution in [0, 0.1) is 0 Å². The molecular weight excluding hydrogens is 320 g/mol. The largest absolute Gasteiger partial charge is 0.334 e. The van der Waals surface area contributed by atoms with E-state index in [1.807, 2.05) is 36.4 Å². The maximum atomic E-state index is 5.63. The highest BCUT2D eigenvalue weighted by Gasteiger charge is 2.11. The zero-order chi connectivity index (χ0) is 13.9. The molecule has 0 radical (unpaired) electrons. The number of nitrogens with zero attached hydrogens (tertiary/aromatic N) is 3. The SMILES string of the molecule is NCc1cccc(-c2nc(-c3ccc(Br)cn3)no2)c1. The summed E-state index contributed by atoms with van der Waals surface area (Å²) in [4.78, 5) is 8.60. The Morgan fingerprint density at radius 2 is 2.10 bits per heavy atom. The Balaban J connectivity index is 1.95. The third kappa shape index (κ3) is 2.61. The van der Waals surface area contributed by atoms with Crippen LogP contribution in [0.1, 0.15) is 5.56 Å². The lowest BCUT2D eigenvalue weighted by Crippen LogP contribution is -1.95. The molecule has 0 aliphatic rings. The Labute approximate surface area is 124 Å². The summed E-state index contributed by atoms with van der Waals surface area (Å²) in [5, 5.41) is 3.95. The monoisotopic (exact) mass is 330 g/mol. The third-order valence-corrected chi connectivity index (χ3v) is 3.26. The van der Waals surface area contributed by atoms with E-state index in [-0.39, 0.29) is 0 Å². The van der Waals surface area contributed by atoms with Crippen LogP contribution in [-0.4, -0.2) is 15.1 Å². The molecule has 0 atom stereocenters. The van der Waals surface area contributed by atoms with E-state index in [4.69, 9.17) is 10.3 Å². The highest BCUT2D eigenvalue weighted by Crippen LogP contribution is 2.22. The average molecular weight is 331 g/mol. The van der Waals surface area contributed by atoms with Crippen molar-refractivity contribution in [3.05, 3.63) is 52.6 Å². The minimum absolute atomic E-state index is 0.458. The number of hydrogen-bond acceptors (Lipinski definition) is 5.